The zero-order valence-corrected chi connectivity index (χ0v) is 8.56. The maximum Gasteiger partial charge on any atom is 0.141 e. The molecule has 0 radical (unpaired) electrons. The summed E-state index contributed by atoms with van der Waals surface area (Å²) < 4.78 is 0. The Labute approximate surface area is 74.5 Å². The van der Waals surface area contributed by atoms with Gasteiger partial charge in [-0.05, 0) is 38.8 Å². The number of allylic oxidation sites excluding steroid dienone is 2. The fourth-order valence-corrected chi connectivity index (χ4v) is 1.53. The molecule has 0 saturated carbocycles. The van der Waals surface area contributed by atoms with E-state index in [0.29, 0.717) is 6.04 Å². The zero-order valence-electron chi connectivity index (χ0n) is 8.56. The van der Waals surface area contributed by atoms with Gasteiger partial charge in [-0.1, -0.05) is 0 Å². The van der Waals surface area contributed by atoms with Crippen molar-refractivity contribution >= 4 is 0 Å². The lowest BCUT2D eigenvalue weighted by Gasteiger charge is -2.25. The Balaban J connectivity index is 2.97. The maximum atomic E-state index is 5.30. The van der Waals surface area contributed by atoms with Crippen molar-refractivity contribution in [2.24, 2.45) is 0 Å². The van der Waals surface area contributed by atoms with E-state index >= 15 is 0 Å². The Morgan fingerprint density at radius 2 is 1.92 bits per heavy atom. The molecule has 0 bridgehead atoms. The number of rotatable bonds is 1. The van der Waals surface area contributed by atoms with E-state index in [0.717, 1.165) is 5.06 Å². The van der Waals surface area contributed by atoms with Crippen LogP contribution in [-0.2, 0) is 4.84 Å². The number of hydrogen-bond donors (Lipinski definition) is 1. The number of quaternary nitrogens is 1. The van der Waals surface area contributed by atoms with E-state index in [9.17, 15) is 0 Å². The Morgan fingerprint density at radius 1 is 1.33 bits per heavy atom. The minimum Gasteiger partial charge on any atom is -0.203 e. The molecule has 2 nitrogen and oxygen atoms in total. The summed E-state index contributed by atoms with van der Waals surface area (Å²) in [4.78, 5) is 5.30. The summed E-state index contributed by atoms with van der Waals surface area (Å²) in [5.74, 6) is 0. The molecule has 12 heavy (non-hydrogen) atoms. The van der Waals surface area contributed by atoms with Crippen LogP contribution >= 0.6 is 0 Å². The first-order chi connectivity index (χ1) is 5.57. The first kappa shape index (κ1) is 9.49. The van der Waals surface area contributed by atoms with Gasteiger partial charge in [0.2, 0.25) is 0 Å². The molecule has 1 rings (SSSR count). The van der Waals surface area contributed by atoms with E-state index in [-0.39, 0.29) is 0 Å². The minimum atomic E-state index is 0.443. The average Bonchev–Trinajstić information content (AvgIpc) is 2.08. The number of hydrogen-bond acceptors (Lipinski definition) is 1. The Morgan fingerprint density at radius 3 is 2.42 bits per heavy atom. The lowest BCUT2D eigenvalue weighted by molar-refractivity contribution is -1.06. The van der Waals surface area contributed by atoms with Gasteiger partial charge in [0.25, 0.3) is 0 Å². The molecular formula is C10H18NO+. The summed E-state index contributed by atoms with van der Waals surface area (Å²) >= 11 is 0. The van der Waals surface area contributed by atoms with Gasteiger partial charge in [-0.3, -0.25) is 0 Å². The van der Waals surface area contributed by atoms with Crippen molar-refractivity contribution in [3.05, 3.63) is 22.9 Å². The molecule has 0 aromatic heterocycles. The molecule has 68 valence electrons. The summed E-state index contributed by atoms with van der Waals surface area (Å²) in [6.07, 6.45) is 2.13. The normalized spacial score (nSPS) is 30.6. The molecule has 0 amide bonds. The fourth-order valence-electron chi connectivity index (χ4n) is 1.53. The Hall–Kier alpha value is -0.600. The minimum absolute atomic E-state index is 0.443. The topological polar surface area (TPSA) is 13.7 Å². The van der Waals surface area contributed by atoms with E-state index in [1.165, 1.54) is 16.7 Å². The third kappa shape index (κ3) is 1.45. The van der Waals surface area contributed by atoms with Crippen LogP contribution in [0.25, 0.3) is 0 Å². The highest BCUT2D eigenvalue weighted by molar-refractivity contribution is 5.33. The highest BCUT2D eigenvalue weighted by atomic mass is 16.7. The monoisotopic (exact) mass is 168 g/mol. The molecule has 0 aromatic rings. The third-order valence-corrected chi connectivity index (χ3v) is 2.85. The van der Waals surface area contributed by atoms with E-state index in [1.54, 1.807) is 7.11 Å². The summed E-state index contributed by atoms with van der Waals surface area (Å²) in [6.45, 7) is 8.66. The van der Waals surface area contributed by atoms with Crippen molar-refractivity contribution in [1.82, 2.24) is 0 Å². The number of hydroxylamine groups is 2. The predicted octanol–water partition coefficient (Wildman–Crippen LogP) is 1.07. The molecule has 2 unspecified atom stereocenters. The third-order valence-electron chi connectivity index (χ3n) is 2.85. The van der Waals surface area contributed by atoms with Crippen LogP contribution < -0.4 is 5.06 Å². The van der Waals surface area contributed by atoms with Crippen LogP contribution in [0.15, 0.2) is 22.9 Å². The summed E-state index contributed by atoms with van der Waals surface area (Å²) in [7, 11) is 1.74. The molecule has 0 aromatic carbocycles. The van der Waals surface area contributed by atoms with Crippen molar-refractivity contribution in [2.45, 2.75) is 33.7 Å². The molecule has 0 saturated heterocycles. The van der Waals surface area contributed by atoms with Gasteiger partial charge >= 0.3 is 0 Å². The molecular weight excluding hydrogens is 150 g/mol. The Kier molecular flexibility index (Phi) is 2.70. The van der Waals surface area contributed by atoms with Crippen molar-refractivity contribution in [3.63, 3.8) is 0 Å². The SMILES string of the molecule is CO[NH+]1C=C(C)C(C)=C(C)C1C. The van der Waals surface area contributed by atoms with Gasteiger partial charge in [0.1, 0.15) is 12.2 Å². The lowest BCUT2D eigenvalue weighted by Crippen LogP contribution is -3.10. The lowest BCUT2D eigenvalue weighted by atomic mass is 9.96. The molecule has 0 fully saturated rings. The molecule has 2 heteroatoms. The molecule has 2 atom stereocenters. The quantitative estimate of drug-likeness (QED) is 0.618. The zero-order chi connectivity index (χ0) is 9.30. The average molecular weight is 168 g/mol. The van der Waals surface area contributed by atoms with E-state index in [1.807, 2.05) is 0 Å². The van der Waals surface area contributed by atoms with Crippen molar-refractivity contribution in [1.29, 1.82) is 0 Å². The van der Waals surface area contributed by atoms with Crippen LogP contribution in [0, 0.1) is 0 Å². The van der Waals surface area contributed by atoms with Crippen LogP contribution in [0.3, 0.4) is 0 Å². The second kappa shape index (κ2) is 3.42. The van der Waals surface area contributed by atoms with Crippen molar-refractivity contribution in [2.75, 3.05) is 7.11 Å². The fraction of sp³-hybridized carbons (Fsp3) is 0.600. The molecule has 1 aliphatic heterocycles. The first-order valence-electron chi connectivity index (χ1n) is 4.34. The highest BCUT2D eigenvalue weighted by Gasteiger charge is 2.24. The molecule has 0 spiro atoms. The van der Waals surface area contributed by atoms with Crippen LogP contribution in [0.4, 0.5) is 0 Å². The van der Waals surface area contributed by atoms with Crippen LogP contribution in [-0.4, -0.2) is 13.2 Å². The molecule has 0 aliphatic carbocycles. The highest BCUT2D eigenvalue weighted by Crippen LogP contribution is 2.17. The van der Waals surface area contributed by atoms with Gasteiger partial charge in [0.15, 0.2) is 0 Å². The Bertz CT molecular complexity index is 240. The van der Waals surface area contributed by atoms with E-state index in [4.69, 9.17) is 4.84 Å². The maximum absolute atomic E-state index is 5.30. The van der Waals surface area contributed by atoms with Crippen LogP contribution in [0.1, 0.15) is 27.7 Å². The molecule has 1 N–H and O–H groups in total. The largest absolute Gasteiger partial charge is 0.203 e. The standard InChI is InChI=1S/C10H17NO/c1-7-6-11(12-5)10(4)9(3)8(7)2/h6,10H,1-5H3/p+1. The van der Waals surface area contributed by atoms with Gasteiger partial charge in [-0.25, -0.2) is 4.84 Å². The van der Waals surface area contributed by atoms with Crippen LogP contribution in [0.2, 0.25) is 0 Å². The van der Waals surface area contributed by atoms with Gasteiger partial charge in [0, 0.05) is 5.57 Å². The second-order valence-corrected chi connectivity index (χ2v) is 3.46. The van der Waals surface area contributed by atoms with E-state index in [2.05, 4.69) is 33.9 Å². The van der Waals surface area contributed by atoms with Gasteiger partial charge in [-0.15, -0.1) is 0 Å². The first-order valence-corrected chi connectivity index (χ1v) is 4.34. The van der Waals surface area contributed by atoms with Gasteiger partial charge < -0.3 is 0 Å². The predicted molar refractivity (Wildman–Crippen MR) is 49.6 cm³/mol. The van der Waals surface area contributed by atoms with Gasteiger partial charge in [-0.2, -0.15) is 5.06 Å². The van der Waals surface area contributed by atoms with Crippen LogP contribution in [0.5, 0.6) is 0 Å². The second-order valence-electron chi connectivity index (χ2n) is 3.46. The van der Waals surface area contributed by atoms with Crippen molar-refractivity contribution < 1.29 is 9.90 Å². The van der Waals surface area contributed by atoms with Crippen molar-refractivity contribution in [3.8, 4) is 0 Å². The smallest absolute Gasteiger partial charge is 0.141 e. The number of nitrogens with one attached hydrogen (secondary N) is 1. The van der Waals surface area contributed by atoms with E-state index < -0.39 is 0 Å². The summed E-state index contributed by atoms with van der Waals surface area (Å²) in [6, 6.07) is 0.443. The summed E-state index contributed by atoms with van der Waals surface area (Å²) in [5, 5.41) is 1.08. The molecule has 1 aliphatic rings. The summed E-state index contributed by atoms with van der Waals surface area (Å²) in [5.41, 5.74) is 4.15. The molecule has 1 heterocycles. The van der Waals surface area contributed by atoms with Gasteiger partial charge in [0.05, 0.1) is 7.11 Å².